The Bertz CT molecular complexity index is 1080. The third kappa shape index (κ3) is 4.59. The van der Waals surface area contributed by atoms with E-state index >= 15 is 0 Å². The largest absolute Gasteiger partial charge is 0.462 e. The average molecular weight is 428 g/mol. The number of aromatic nitrogens is 2. The van der Waals surface area contributed by atoms with Gasteiger partial charge in [0.1, 0.15) is 15.7 Å². The number of nitrogens with one attached hydrogen (secondary N) is 1. The van der Waals surface area contributed by atoms with E-state index < -0.39 is 0 Å². The van der Waals surface area contributed by atoms with Crippen LogP contribution in [0.2, 0.25) is 0 Å². The van der Waals surface area contributed by atoms with E-state index in [4.69, 9.17) is 9.72 Å². The molecule has 150 valence electrons. The topological polar surface area (TPSA) is 81.2 Å². The summed E-state index contributed by atoms with van der Waals surface area (Å²) in [5.74, 6) is 1.06. The molecule has 1 N–H and O–H groups in total. The molecule has 0 aliphatic heterocycles. The van der Waals surface area contributed by atoms with E-state index in [-0.39, 0.29) is 17.6 Å². The Morgan fingerprint density at radius 3 is 2.83 bits per heavy atom. The molecule has 1 amide bonds. The van der Waals surface area contributed by atoms with Gasteiger partial charge >= 0.3 is 5.97 Å². The van der Waals surface area contributed by atoms with Gasteiger partial charge in [-0.2, -0.15) is 0 Å². The number of ether oxygens (including phenoxy) is 1. The minimum absolute atomic E-state index is 0.137. The van der Waals surface area contributed by atoms with Crippen LogP contribution < -0.4 is 5.32 Å². The lowest BCUT2D eigenvalue weighted by Gasteiger charge is -2.08. The molecular weight excluding hydrogens is 406 g/mol. The number of fused-ring (bicyclic) bond motifs is 1. The lowest BCUT2D eigenvalue weighted by molar-refractivity contribution is -0.113. The molecule has 4 rings (SSSR count). The van der Waals surface area contributed by atoms with Crippen molar-refractivity contribution in [3.63, 3.8) is 0 Å². The van der Waals surface area contributed by atoms with Crippen molar-refractivity contribution in [2.45, 2.75) is 37.6 Å². The molecule has 29 heavy (non-hydrogen) atoms. The van der Waals surface area contributed by atoms with Gasteiger partial charge in [-0.1, -0.05) is 30.0 Å². The fourth-order valence-electron chi connectivity index (χ4n) is 2.95. The lowest BCUT2D eigenvalue weighted by Crippen LogP contribution is -2.13. The number of para-hydroxylation sites is 1. The summed E-state index contributed by atoms with van der Waals surface area (Å²) in [5, 5.41) is 5.32. The molecule has 0 bridgehead atoms. The maximum atomic E-state index is 12.5. The van der Waals surface area contributed by atoms with Crippen LogP contribution in [-0.4, -0.2) is 34.2 Å². The maximum Gasteiger partial charge on any atom is 0.348 e. The summed E-state index contributed by atoms with van der Waals surface area (Å²) in [7, 11) is 0. The normalized spacial score (nSPS) is 13.4. The van der Waals surface area contributed by atoms with Gasteiger partial charge in [0.05, 0.1) is 22.9 Å². The van der Waals surface area contributed by atoms with Gasteiger partial charge in [-0.3, -0.25) is 4.79 Å². The second kappa shape index (κ2) is 8.51. The van der Waals surface area contributed by atoms with Gasteiger partial charge in [-0.05, 0) is 44.4 Å². The number of aryl methyl sites for hydroxylation is 1. The average Bonchev–Trinajstić information content (AvgIpc) is 3.49. The zero-order valence-corrected chi connectivity index (χ0v) is 17.9. The number of thiophene rings is 1. The molecule has 6 nitrogen and oxygen atoms in total. The zero-order valence-electron chi connectivity index (χ0n) is 16.2. The van der Waals surface area contributed by atoms with Crippen LogP contribution in [0.4, 0.5) is 5.00 Å². The Hall–Kier alpha value is -2.45. The van der Waals surface area contributed by atoms with E-state index in [9.17, 15) is 9.59 Å². The molecule has 1 fully saturated rings. The summed E-state index contributed by atoms with van der Waals surface area (Å²) in [6.07, 6.45) is 2.26. The third-order valence-corrected chi connectivity index (χ3v) is 6.63. The number of amides is 1. The molecule has 3 aromatic rings. The van der Waals surface area contributed by atoms with Gasteiger partial charge in [0.2, 0.25) is 5.91 Å². The third-order valence-electron chi connectivity index (χ3n) is 4.51. The first kappa shape index (κ1) is 19.8. The number of thioether (sulfide) groups is 1. The van der Waals surface area contributed by atoms with Crippen LogP contribution in [0.3, 0.4) is 0 Å². The maximum absolute atomic E-state index is 12.5. The highest BCUT2D eigenvalue weighted by Gasteiger charge is 2.27. The Morgan fingerprint density at radius 1 is 1.28 bits per heavy atom. The molecule has 8 heteroatoms. The van der Waals surface area contributed by atoms with E-state index in [1.165, 1.54) is 23.1 Å². The molecule has 0 radical (unpaired) electrons. The Balaban J connectivity index is 1.45. The molecule has 1 aromatic carbocycles. The van der Waals surface area contributed by atoms with E-state index in [1.807, 2.05) is 31.2 Å². The van der Waals surface area contributed by atoms with Crippen LogP contribution in [0.1, 0.15) is 46.7 Å². The molecular formula is C21H21N3O3S2. The number of hydrogen-bond donors (Lipinski definition) is 1. The summed E-state index contributed by atoms with van der Waals surface area (Å²) in [6, 6.07) is 9.69. The number of carbonyl (C=O) groups excluding carboxylic acids is 2. The molecule has 0 unspecified atom stereocenters. The molecule has 1 aliphatic carbocycles. The van der Waals surface area contributed by atoms with Crippen LogP contribution in [0, 0.1) is 6.92 Å². The monoisotopic (exact) mass is 427 g/mol. The first-order valence-electron chi connectivity index (χ1n) is 9.52. The van der Waals surface area contributed by atoms with Crippen LogP contribution in [0.15, 0.2) is 35.4 Å². The number of esters is 1. The van der Waals surface area contributed by atoms with E-state index in [0.29, 0.717) is 22.4 Å². The smallest absolute Gasteiger partial charge is 0.348 e. The highest BCUT2D eigenvalue weighted by Crippen LogP contribution is 2.39. The van der Waals surface area contributed by atoms with Crippen LogP contribution in [-0.2, 0) is 9.53 Å². The Morgan fingerprint density at radius 2 is 2.07 bits per heavy atom. The van der Waals surface area contributed by atoms with Crippen molar-refractivity contribution < 1.29 is 14.3 Å². The molecule has 0 atom stereocenters. The summed E-state index contributed by atoms with van der Waals surface area (Å²) >= 11 is 2.65. The quantitative estimate of drug-likeness (QED) is 0.332. The van der Waals surface area contributed by atoms with Crippen molar-refractivity contribution >= 4 is 50.9 Å². The second-order valence-corrected chi connectivity index (χ2v) is 8.87. The summed E-state index contributed by atoms with van der Waals surface area (Å²) in [6.45, 7) is 3.93. The highest BCUT2D eigenvalue weighted by molar-refractivity contribution is 8.00. The lowest BCUT2D eigenvalue weighted by atomic mass is 10.2. The minimum Gasteiger partial charge on any atom is -0.462 e. The van der Waals surface area contributed by atoms with Gasteiger partial charge in [-0.25, -0.2) is 14.8 Å². The predicted octanol–water partition coefficient (Wildman–Crippen LogP) is 4.78. The molecule has 0 saturated heterocycles. The van der Waals surface area contributed by atoms with Crippen LogP contribution >= 0.6 is 23.1 Å². The van der Waals surface area contributed by atoms with Gasteiger partial charge in [0.25, 0.3) is 0 Å². The van der Waals surface area contributed by atoms with Crippen molar-refractivity contribution in [2.24, 2.45) is 0 Å². The second-order valence-electron chi connectivity index (χ2n) is 6.86. The number of rotatable bonds is 7. The van der Waals surface area contributed by atoms with E-state index in [1.54, 1.807) is 13.0 Å². The van der Waals surface area contributed by atoms with Gasteiger partial charge in [0, 0.05) is 11.3 Å². The zero-order chi connectivity index (χ0) is 20.4. The molecule has 2 aromatic heterocycles. The fraction of sp³-hybridized carbons (Fsp3) is 0.333. The van der Waals surface area contributed by atoms with Crippen molar-refractivity contribution in [2.75, 3.05) is 17.7 Å². The SMILES string of the molecule is CCOC(=O)c1sc(NC(=O)CSc2nc(C3CC3)nc3ccccc23)cc1C. The molecule has 1 aliphatic rings. The summed E-state index contributed by atoms with van der Waals surface area (Å²) in [4.78, 5) is 34.3. The Labute approximate surface area is 177 Å². The standard InChI is InChI=1S/C21H21N3O3S2/c1-3-27-21(26)18-12(2)10-17(29-18)23-16(25)11-28-20-14-6-4-5-7-15(14)22-19(24-20)13-8-9-13/h4-7,10,13H,3,8-9,11H2,1-2H3,(H,23,25). The van der Waals surface area contributed by atoms with E-state index in [0.717, 1.165) is 40.2 Å². The van der Waals surface area contributed by atoms with Crippen molar-refractivity contribution in [3.05, 3.63) is 46.6 Å². The minimum atomic E-state index is -0.357. The van der Waals surface area contributed by atoms with Crippen molar-refractivity contribution in [1.82, 2.24) is 9.97 Å². The number of carbonyl (C=O) groups is 2. The first-order valence-corrected chi connectivity index (χ1v) is 11.3. The predicted molar refractivity (Wildman–Crippen MR) is 116 cm³/mol. The molecule has 0 spiro atoms. The van der Waals surface area contributed by atoms with Gasteiger partial charge in [-0.15, -0.1) is 11.3 Å². The fourth-order valence-corrected chi connectivity index (χ4v) is 4.76. The highest BCUT2D eigenvalue weighted by atomic mass is 32.2. The molecule has 1 saturated carbocycles. The Kier molecular flexibility index (Phi) is 5.82. The van der Waals surface area contributed by atoms with Gasteiger partial charge in [0.15, 0.2) is 0 Å². The number of nitrogens with zero attached hydrogens (tertiary/aromatic N) is 2. The van der Waals surface area contributed by atoms with Crippen LogP contribution in [0.25, 0.3) is 10.9 Å². The van der Waals surface area contributed by atoms with Crippen LogP contribution in [0.5, 0.6) is 0 Å². The number of hydrogen-bond acceptors (Lipinski definition) is 7. The van der Waals surface area contributed by atoms with Crippen molar-refractivity contribution in [3.8, 4) is 0 Å². The summed E-state index contributed by atoms with van der Waals surface area (Å²) in [5.41, 5.74) is 1.72. The number of anilines is 1. The van der Waals surface area contributed by atoms with E-state index in [2.05, 4.69) is 10.3 Å². The summed E-state index contributed by atoms with van der Waals surface area (Å²) < 4.78 is 5.05. The first-order chi connectivity index (χ1) is 14.0. The van der Waals surface area contributed by atoms with Gasteiger partial charge < -0.3 is 10.1 Å². The number of benzene rings is 1. The molecule has 2 heterocycles. The van der Waals surface area contributed by atoms with Crippen molar-refractivity contribution in [1.29, 1.82) is 0 Å².